The molecule has 3 aromatic carbocycles. The fourth-order valence-electron chi connectivity index (χ4n) is 3.89. The van der Waals surface area contributed by atoms with Crippen LogP contribution < -0.4 is 5.32 Å². The molecule has 4 rings (SSSR count). The van der Waals surface area contributed by atoms with Crippen LogP contribution in [0.15, 0.2) is 72.8 Å². The lowest BCUT2D eigenvalue weighted by Gasteiger charge is -2.10. The maximum atomic E-state index is 13.3. The molecule has 0 saturated carbocycles. The van der Waals surface area contributed by atoms with Crippen molar-refractivity contribution < 1.29 is 14.3 Å². The number of carboxylic acids is 1. The summed E-state index contributed by atoms with van der Waals surface area (Å²) in [6.45, 7) is 3.50. The second-order valence-corrected chi connectivity index (χ2v) is 7.45. The van der Waals surface area contributed by atoms with Crippen molar-refractivity contribution in [3.05, 3.63) is 107 Å². The third kappa shape index (κ3) is 4.11. The highest BCUT2D eigenvalue weighted by atomic mass is 19.1. The summed E-state index contributed by atoms with van der Waals surface area (Å²) in [5.74, 6) is -1.28. The molecule has 0 amide bonds. The lowest BCUT2D eigenvalue weighted by molar-refractivity contribution is 0.0684. The van der Waals surface area contributed by atoms with Crippen LogP contribution in [0.25, 0.3) is 10.9 Å². The summed E-state index contributed by atoms with van der Waals surface area (Å²) < 4.78 is 15.1. The number of nitrogens with one attached hydrogen (secondary N) is 1. The molecule has 4 nitrogen and oxygen atoms in total. The van der Waals surface area contributed by atoms with Gasteiger partial charge in [-0.3, -0.25) is 0 Å². The van der Waals surface area contributed by atoms with Gasteiger partial charge in [0.2, 0.25) is 0 Å². The average molecular weight is 402 g/mol. The quantitative estimate of drug-likeness (QED) is 0.451. The minimum Gasteiger partial charge on any atom is -0.477 e. The van der Waals surface area contributed by atoms with Gasteiger partial charge in [-0.2, -0.15) is 0 Å². The predicted octanol–water partition coefficient (Wildman–Crippen LogP) is 5.13. The largest absolute Gasteiger partial charge is 0.477 e. The van der Waals surface area contributed by atoms with Gasteiger partial charge in [0.1, 0.15) is 11.5 Å². The minimum absolute atomic E-state index is 0.261. The molecule has 1 aromatic heterocycles. The lowest BCUT2D eigenvalue weighted by atomic mass is 10.1. The molecule has 0 radical (unpaired) electrons. The van der Waals surface area contributed by atoms with Crippen molar-refractivity contribution in [3.63, 3.8) is 0 Å². The molecule has 152 valence electrons. The topological polar surface area (TPSA) is 54.3 Å². The van der Waals surface area contributed by atoms with Gasteiger partial charge in [0.25, 0.3) is 0 Å². The highest BCUT2D eigenvalue weighted by molar-refractivity contribution is 5.98. The van der Waals surface area contributed by atoms with Crippen molar-refractivity contribution in [2.24, 2.45) is 0 Å². The van der Waals surface area contributed by atoms with Gasteiger partial charge in [0, 0.05) is 36.1 Å². The molecular formula is C25H23FN2O2. The average Bonchev–Trinajstić information content (AvgIpc) is 3.04. The number of benzene rings is 3. The van der Waals surface area contributed by atoms with Crippen molar-refractivity contribution in [1.82, 2.24) is 9.88 Å². The van der Waals surface area contributed by atoms with Crippen molar-refractivity contribution in [2.75, 3.05) is 0 Å². The summed E-state index contributed by atoms with van der Waals surface area (Å²) in [6, 6.07) is 22.1. The summed E-state index contributed by atoms with van der Waals surface area (Å²) in [6.07, 6.45) is 0. The normalized spacial score (nSPS) is 11.1. The van der Waals surface area contributed by atoms with Gasteiger partial charge in [0.05, 0.1) is 0 Å². The molecule has 0 saturated heterocycles. The molecule has 5 heteroatoms. The van der Waals surface area contributed by atoms with E-state index in [9.17, 15) is 14.3 Å². The number of halogens is 1. The molecule has 4 aromatic rings. The fourth-order valence-corrected chi connectivity index (χ4v) is 3.89. The van der Waals surface area contributed by atoms with E-state index in [0.29, 0.717) is 19.6 Å². The Morgan fingerprint density at radius 3 is 2.47 bits per heavy atom. The van der Waals surface area contributed by atoms with E-state index in [1.54, 1.807) is 16.7 Å². The van der Waals surface area contributed by atoms with Gasteiger partial charge in [-0.1, -0.05) is 60.2 Å². The van der Waals surface area contributed by atoms with Crippen molar-refractivity contribution in [3.8, 4) is 0 Å². The van der Waals surface area contributed by atoms with E-state index in [-0.39, 0.29) is 11.5 Å². The lowest BCUT2D eigenvalue weighted by Crippen LogP contribution is -2.17. The van der Waals surface area contributed by atoms with E-state index in [1.165, 1.54) is 17.7 Å². The highest BCUT2D eigenvalue weighted by Gasteiger charge is 2.22. The Labute approximate surface area is 174 Å². The summed E-state index contributed by atoms with van der Waals surface area (Å²) in [7, 11) is 0. The second-order valence-electron chi connectivity index (χ2n) is 7.45. The molecule has 0 spiro atoms. The predicted molar refractivity (Wildman–Crippen MR) is 116 cm³/mol. The number of aromatic nitrogens is 1. The Bertz CT molecular complexity index is 1200. The van der Waals surface area contributed by atoms with Gasteiger partial charge in [-0.05, 0) is 36.2 Å². The van der Waals surface area contributed by atoms with E-state index in [1.807, 2.05) is 30.3 Å². The molecule has 0 fully saturated rings. The number of aromatic carboxylic acids is 1. The van der Waals surface area contributed by atoms with Gasteiger partial charge >= 0.3 is 5.97 Å². The molecular weight excluding hydrogens is 379 g/mol. The zero-order valence-electron chi connectivity index (χ0n) is 16.7. The maximum Gasteiger partial charge on any atom is 0.352 e. The number of carboxylic acid groups (broad SMARTS) is 1. The monoisotopic (exact) mass is 402 g/mol. The van der Waals surface area contributed by atoms with E-state index >= 15 is 0 Å². The first-order chi connectivity index (χ1) is 14.5. The Balaban J connectivity index is 1.68. The third-order valence-corrected chi connectivity index (χ3v) is 5.25. The first-order valence-electron chi connectivity index (χ1n) is 9.87. The molecule has 2 N–H and O–H groups in total. The van der Waals surface area contributed by atoms with Gasteiger partial charge in [-0.25, -0.2) is 9.18 Å². The Hall–Kier alpha value is -3.44. The van der Waals surface area contributed by atoms with Gasteiger partial charge < -0.3 is 15.0 Å². The molecule has 0 aliphatic heterocycles. The van der Waals surface area contributed by atoms with Crippen LogP contribution in [0, 0.1) is 12.7 Å². The number of hydrogen-bond acceptors (Lipinski definition) is 2. The first kappa shape index (κ1) is 19.9. The number of fused-ring (bicyclic) bond motifs is 1. The maximum absolute atomic E-state index is 13.3. The standard InChI is InChI=1S/C25H23FN2O2/c1-17-5-4-6-19(13-17)14-27-15-22-21-7-2-3-8-23(21)28(24(22)25(29)30)16-18-9-11-20(26)12-10-18/h2-13,27H,14-16H2,1H3,(H,29,30). The third-order valence-electron chi connectivity index (χ3n) is 5.25. The minimum atomic E-state index is -0.972. The van der Waals surface area contributed by atoms with E-state index in [0.717, 1.165) is 27.6 Å². The van der Waals surface area contributed by atoms with Crippen LogP contribution in [0.5, 0.6) is 0 Å². The zero-order valence-corrected chi connectivity index (χ0v) is 16.7. The molecule has 0 atom stereocenters. The molecule has 1 heterocycles. The SMILES string of the molecule is Cc1cccc(CNCc2c(C(=O)O)n(Cc3ccc(F)cc3)c3ccccc23)c1. The van der Waals surface area contributed by atoms with Crippen LogP contribution in [0.4, 0.5) is 4.39 Å². The Kier molecular flexibility index (Phi) is 5.63. The number of rotatable bonds is 7. The number of aryl methyl sites for hydroxylation is 1. The summed E-state index contributed by atoms with van der Waals surface area (Å²) in [5, 5.41) is 14.3. The van der Waals surface area contributed by atoms with Crippen LogP contribution >= 0.6 is 0 Å². The number of hydrogen-bond donors (Lipinski definition) is 2. The van der Waals surface area contributed by atoms with Crippen LogP contribution in [0.1, 0.15) is 32.7 Å². The smallest absolute Gasteiger partial charge is 0.352 e. The van der Waals surface area contributed by atoms with Crippen LogP contribution in [-0.2, 0) is 19.6 Å². The zero-order chi connectivity index (χ0) is 21.1. The molecule has 30 heavy (non-hydrogen) atoms. The van der Waals surface area contributed by atoms with Crippen LogP contribution in [0.3, 0.4) is 0 Å². The van der Waals surface area contributed by atoms with E-state index < -0.39 is 5.97 Å². The fraction of sp³-hybridized carbons (Fsp3) is 0.160. The van der Waals surface area contributed by atoms with Crippen molar-refractivity contribution in [2.45, 2.75) is 26.6 Å². The van der Waals surface area contributed by atoms with Crippen LogP contribution in [0.2, 0.25) is 0 Å². The molecule has 0 bridgehead atoms. The highest BCUT2D eigenvalue weighted by Crippen LogP contribution is 2.28. The van der Waals surface area contributed by atoms with Crippen LogP contribution in [-0.4, -0.2) is 15.6 Å². The summed E-state index contributed by atoms with van der Waals surface area (Å²) in [5.41, 5.74) is 5.06. The summed E-state index contributed by atoms with van der Waals surface area (Å²) in [4.78, 5) is 12.2. The molecule has 0 aliphatic rings. The van der Waals surface area contributed by atoms with E-state index in [2.05, 4.69) is 30.4 Å². The number of carbonyl (C=O) groups is 1. The first-order valence-corrected chi connectivity index (χ1v) is 9.87. The molecule has 0 aliphatic carbocycles. The van der Waals surface area contributed by atoms with Crippen molar-refractivity contribution >= 4 is 16.9 Å². The van der Waals surface area contributed by atoms with E-state index in [4.69, 9.17) is 0 Å². The van der Waals surface area contributed by atoms with Gasteiger partial charge in [-0.15, -0.1) is 0 Å². The second kappa shape index (κ2) is 8.51. The van der Waals surface area contributed by atoms with Gasteiger partial charge in [0.15, 0.2) is 0 Å². The Morgan fingerprint density at radius 2 is 1.73 bits per heavy atom. The molecule has 0 unspecified atom stereocenters. The number of para-hydroxylation sites is 1. The summed E-state index contributed by atoms with van der Waals surface area (Å²) >= 11 is 0. The number of nitrogens with zero attached hydrogens (tertiary/aromatic N) is 1. The van der Waals surface area contributed by atoms with Crippen molar-refractivity contribution in [1.29, 1.82) is 0 Å². The Morgan fingerprint density at radius 1 is 0.967 bits per heavy atom.